The molecule has 2 aliphatic heterocycles. The van der Waals surface area contributed by atoms with Crippen molar-refractivity contribution in [3.63, 3.8) is 0 Å². The van der Waals surface area contributed by atoms with Gasteiger partial charge in [0.25, 0.3) is 0 Å². The third-order valence-corrected chi connectivity index (χ3v) is 8.11. The molecule has 0 bridgehead atoms. The molecule has 2 saturated heterocycles. The van der Waals surface area contributed by atoms with E-state index in [1.165, 1.54) is 0 Å². The summed E-state index contributed by atoms with van der Waals surface area (Å²) >= 11 is 0. The Kier molecular flexibility index (Phi) is 4.52. The normalized spacial score (nSPS) is 47.7. The van der Waals surface area contributed by atoms with Crippen LogP contribution in [0.2, 0.25) is 0 Å². The molecule has 0 radical (unpaired) electrons. The van der Waals surface area contributed by atoms with Gasteiger partial charge < -0.3 is 18.5 Å². The van der Waals surface area contributed by atoms with E-state index in [1.807, 2.05) is 27.7 Å². The first-order valence-electron chi connectivity index (χ1n) is 8.45. The van der Waals surface area contributed by atoms with E-state index in [9.17, 15) is 9.36 Å². The molecular weight excluding hydrogens is 319 g/mol. The lowest BCUT2D eigenvalue weighted by molar-refractivity contribution is -0.227. The molecule has 0 aromatic rings. The number of Topliss-reactive ketones (excluding diaryl/α,β-unsaturated/α-hetero) is 1. The Labute approximate surface area is 137 Å². The summed E-state index contributed by atoms with van der Waals surface area (Å²) in [6, 6.07) is 0. The highest BCUT2D eigenvalue weighted by molar-refractivity contribution is 7.55. The summed E-state index contributed by atoms with van der Waals surface area (Å²) in [5.74, 6) is -0.785. The molecule has 6 nitrogen and oxygen atoms in total. The average molecular weight is 346 g/mol. The molecule has 3 aliphatic rings. The van der Waals surface area contributed by atoms with Crippen LogP contribution in [0.25, 0.3) is 0 Å². The fraction of sp³-hybridized carbons (Fsp3) is 0.938. The molecular formula is C16H27O6P. The van der Waals surface area contributed by atoms with Crippen LogP contribution in [0.4, 0.5) is 0 Å². The second-order valence-corrected chi connectivity index (χ2v) is 9.62. The minimum atomic E-state index is -3.47. The maximum absolute atomic E-state index is 13.3. The Morgan fingerprint density at radius 2 is 1.65 bits per heavy atom. The highest BCUT2D eigenvalue weighted by Crippen LogP contribution is 2.64. The maximum Gasteiger partial charge on any atom is 0.341 e. The summed E-state index contributed by atoms with van der Waals surface area (Å²) in [7, 11) is -3.47. The zero-order chi connectivity index (χ0) is 16.9. The Bertz CT molecular complexity index is 515. The molecule has 0 spiro atoms. The van der Waals surface area contributed by atoms with Crippen LogP contribution in [0, 0.1) is 5.41 Å². The highest BCUT2D eigenvalue weighted by Gasteiger charge is 2.58. The molecule has 132 valence electrons. The number of ketones is 1. The van der Waals surface area contributed by atoms with E-state index in [-0.39, 0.29) is 18.0 Å². The van der Waals surface area contributed by atoms with Crippen molar-refractivity contribution >= 4 is 13.4 Å². The van der Waals surface area contributed by atoms with E-state index in [4.69, 9.17) is 18.5 Å². The number of rotatable bonds is 2. The second kappa shape index (κ2) is 5.92. The van der Waals surface area contributed by atoms with E-state index in [2.05, 4.69) is 0 Å². The quantitative estimate of drug-likeness (QED) is 0.715. The first-order valence-corrected chi connectivity index (χ1v) is 10.1. The van der Waals surface area contributed by atoms with Gasteiger partial charge in [-0.15, -0.1) is 0 Å². The molecule has 7 heteroatoms. The number of hydrogen-bond donors (Lipinski definition) is 0. The third kappa shape index (κ3) is 3.05. The number of carbonyl (C=O) groups is 1. The van der Waals surface area contributed by atoms with Crippen LogP contribution >= 0.6 is 7.60 Å². The van der Waals surface area contributed by atoms with Crippen molar-refractivity contribution in [3.05, 3.63) is 0 Å². The standard InChI is InChI=1S/C16H27O6P/c1-11-9-12(2)22-23(18,21-11)14-10-15(3,6-5-13(14)17)16(4)19-7-8-20-16/h11-12,14H,5-10H2,1-4H3/t11-,12-,14?,15-/m0/s1. The van der Waals surface area contributed by atoms with Gasteiger partial charge in [0.05, 0.1) is 25.4 Å². The summed E-state index contributed by atoms with van der Waals surface area (Å²) < 4.78 is 36.3. The lowest BCUT2D eigenvalue weighted by Gasteiger charge is -2.48. The van der Waals surface area contributed by atoms with Gasteiger partial charge in [0.2, 0.25) is 0 Å². The second-order valence-electron chi connectivity index (χ2n) is 7.50. The number of carbonyl (C=O) groups excluding carboxylic acids is 1. The van der Waals surface area contributed by atoms with Gasteiger partial charge >= 0.3 is 7.60 Å². The lowest BCUT2D eigenvalue weighted by Crippen LogP contribution is -2.51. The molecule has 1 aliphatic carbocycles. The Balaban J connectivity index is 1.86. The van der Waals surface area contributed by atoms with Gasteiger partial charge in [0.1, 0.15) is 11.4 Å². The van der Waals surface area contributed by atoms with Crippen LogP contribution in [0.5, 0.6) is 0 Å². The fourth-order valence-corrected chi connectivity index (χ4v) is 6.63. The average Bonchev–Trinajstić information content (AvgIpc) is 2.89. The van der Waals surface area contributed by atoms with Gasteiger partial charge in [-0.25, -0.2) is 0 Å². The summed E-state index contributed by atoms with van der Waals surface area (Å²) in [5.41, 5.74) is -1.12. The topological polar surface area (TPSA) is 71.1 Å². The van der Waals surface area contributed by atoms with Crippen molar-refractivity contribution in [2.75, 3.05) is 13.2 Å². The van der Waals surface area contributed by atoms with E-state index in [0.29, 0.717) is 38.9 Å². The van der Waals surface area contributed by atoms with Gasteiger partial charge in [0.15, 0.2) is 5.79 Å². The molecule has 3 rings (SSSR count). The van der Waals surface area contributed by atoms with E-state index in [0.717, 1.165) is 0 Å². The monoisotopic (exact) mass is 346 g/mol. The zero-order valence-corrected chi connectivity index (χ0v) is 15.3. The lowest BCUT2D eigenvalue weighted by atomic mass is 9.69. The van der Waals surface area contributed by atoms with Crippen molar-refractivity contribution in [1.29, 1.82) is 0 Å². The first-order chi connectivity index (χ1) is 10.7. The predicted molar refractivity (Wildman–Crippen MR) is 84.4 cm³/mol. The molecule has 1 saturated carbocycles. The first kappa shape index (κ1) is 17.6. The maximum atomic E-state index is 13.3. The van der Waals surface area contributed by atoms with E-state index in [1.54, 1.807) is 0 Å². The van der Waals surface area contributed by atoms with Crippen molar-refractivity contribution in [2.45, 2.75) is 77.0 Å². The Morgan fingerprint density at radius 1 is 1.09 bits per heavy atom. The summed E-state index contributed by atoms with van der Waals surface area (Å²) in [5, 5.41) is 0. The number of ether oxygens (including phenoxy) is 2. The number of hydrogen-bond acceptors (Lipinski definition) is 6. The minimum Gasteiger partial charge on any atom is -0.347 e. The van der Waals surface area contributed by atoms with Gasteiger partial charge in [-0.2, -0.15) is 0 Å². The van der Waals surface area contributed by atoms with E-state index < -0.39 is 24.5 Å². The molecule has 0 aromatic heterocycles. The van der Waals surface area contributed by atoms with Crippen LogP contribution < -0.4 is 0 Å². The van der Waals surface area contributed by atoms with Gasteiger partial charge in [-0.3, -0.25) is 9.36 Å². The van der Waals surface area contributed by atoms with Crippen molar-refractivity contribution in [1.82, 2.24) is 0 Å². The molecule has 1 unspecified atom stereocenters. The van der Waals surface area contributed by atoms with Crippen molar-refractivity contribution < 1.29 is 27.9 Å². The fourth-order valence-electron chi connectivity index (χ4n) is 4.00. The highest BCUT2D eigenvalue weighted by atomic mass is 31.2. The summed E-state index contributed by atoms with van der Waals surface area (Å²) in [6.07, 6.45) is 1.76. The predicted octanol–water partition coefficient (Wildman–Crippen LogP) is 3.28. The van der Waals surface area contributed by atoms with Crippen LogP contribution in [0.3, 0.4) is 0 Å². The summed E-state index contributed by atoms with van der Waals surface area (Å²) in [6.45, 7) is 8.80. The Morgan fingerprint density at radius 3 is 2.22 bits per heavy atom. The molecule has 4 atom stereocenters. The molecule has 0 N–H and O–H groups in total. The van der Waals surface area contributed by atoms with Crippen LogP contribution in [0.15, 0.2) is 0 Å². The SMILES string of the molecule is C[C@H]1C[C@H](C)OP(=O)(C2C[C@@](C)(C3(C)OCCO3)CCC2=O)O1. The minimum absolute atomic E-state index is 0.0336. The largest absolute Gasteiger partial charge is 0.347 e. The third-order valence-electron chi connectivity index (χ3n) is 5.57. The molecule has 23 heavy (non-hydrogen) atoms. The smallest absolute Gasteiger partial charge is 0.341 e. The van der Waals surface area contributed by atoms with Crippen LogP contribution in [-0.2, 0) is 27.9 Å². The summed E-state index contributed by atoms with van der Waals surface area (Å²) in [4.78, 5) is 12.5. The molecule has 0 aromatic carbocycles. The van der Waals surface area contributed by atoms with Crippen molar-refractivity contribution in [3.8, 4) is 0 Å². The van der Waals surface area contributed by atoms with Gasteiger partial charge in [-0.05, 0) is 33.6 Å². The van der Waals surface area contributed by atoms with Gasteiger partial charge in [-0.1, -0.05) is 6.92 Å². The molecule has 3 fully saturated rings. The van der Waals surface area contributed by atoms with Crippen molar-refractivity contribution in [2.24, 2.45) is 5.41 Å². The van der Waals surface area contributed by atoms with E-state index >= 15 is 0 Å². The molecule has 0 amide bonds. The van der Waals surface area contributed by atoms with Gasteiger partial charge in [0, 0.05) is 18.3 Å². The molecule has 2 heterocycles. The Hall–Kier alpha value is -0.260. The zero-order valence-electron chi connectivity index (χ0n) is 14.4. The van der Waals surface area contributed by atoms with Crippen LogP contribution in [-0.4, -0.2) is 42.7 Å². The van der Waals surface area contributed by atoms with Crippen LogP contribution in [0.1, 0.15) is 53.4 Å².